The fourth-order valence-corrected chi connectivity index (χ4v) is 9.35. The first-order valence-corrected chi connectivity index (χ1v) is 45.2. The Morgan fingerprint density at radius 3 is 1.14 bits per heavy atom. The third-order valence-corrected chi connectivity index (χ3v) is 16.7. The lowest BCUT2D eigenvalue weighted by atomic mass is 10.3. The number of likely N-dealkylation sites (N-methyl/N-ethyl adjacent to an activating group) is 4. The van der Waals surface area contributed by atoms with E-state index in [1.807, 2.05) is 48.4 Å². The Bertz CT molecular complexity index is 2540. The molecule has 0 spiro atoms. The van der Waals surface area contributed by atoms with Gasteiger partial charge in [-0.25, -0.2) is 46.1 Å². The third-order valence-electron chi connectivity index (χ3n) is 10.2. The molecule has 0 rings (SSSR count). The van der Waals surface area contributed by atoms with Gasteiger partial charge in [-0.2, -0.15) is 10.5 Å². The summed E-state index contributed by atoms with van der Waals surface area (Å²) in [6.07, 6.45) is 1.66. The summed E-state index contributed by atoms with van der Waals surface area (Å²) in [6, 6.07) is 4.28. The molecule has 31 nitrogen and oxygen atoms in total. The normalized spacial score (nSPS) is 12.4. The van der Waals surface area contributed by atoms with Gasteiger partial charge in [0.05, 0.1) is 143 Å². The van der Waals surface area contributed by atoms with Crippen molar-refractivity contribution in [2.45, 2.75) is 87.7 Å². The van der Waals surface area contributed by atoms with E-state index in [0.717, 1.165) is 30.6 Å². The van der Waals surface area contributed by atoms with Crippen LogP contribution in [0.15, 0.2) is 48.6 Å². The number of quaternary nitrogens is 4. The van der Waals surface area contributed by atoms with Gasteiger partial charge < -0.3 is 104 Å². The SMILES string of the molecule is C=C(C)C(=O)OCCOP(=O)(O)OCC[N+](C)([13CH3])[13CH3].C=C(C)C(=O)OCCOP(OCCC#N)N(C(C)C)C(C)C.CC#N.CCPC.C[N+](C)([13CH3])CCO.II.[C-]#[N+]CCOP(=O)(OCCOC(=O)C(=C)C)OCC[N+](C)([13CH3])[13CH3].[C-]#[N+]CCOP(OCCOC(=O)C(=C)C)OCC[N+](C)([13CH3])[13CH3].[Cl-].[Cl-]. The predicted octanol–water partition coefficient (Wildman–Crippen LogP) is 5.55. The number of carbonyl (C=O) groups is 4. The molecule has 0 heterocycles. The van der Waals surface area contributed by atoms with E-state index in [9.17, 15) is 33.2 Å². The minimum atomic E-state index is -4.09. The minimum absolute atomic E-state index is 0. The Balaban J connectivity index is -0.000000131. The number of phosphoric acid groups is 2. The summed E-state index contributed by atoms with van der Waals surface area (Å²) < 4.78 is 101. The van der Waals surface area contributed by atoms with E-state index < -0.39 is 56.7 Å². The fraction of sp³-hybridized carbons (Fsp3) is 0.750. The molecule has 0 saturated carbocycles. The van der Waals surface area contributed by atoms with Crippen LogP contribution in [0, 0.1) is 35.8 Å². The van der Waals surface area contributed by atoms with Crippen molar-refractivity contribution in [2.24, 2.45) is 0 Å². The molecule has 0 saturated heterocycles. The van der Waals surface area contributed by atoms with Crippen LogP contribution in [0.2, 0.25) is 0 Å². The van der Waals surface area contributed by atoms with Crippen molar-refractivity contribution in [3.63, 3.8) is 0 Å². The Morgan fingerprint density at radius 2 is 0.817 bits per heavy atom. The number of carbonyl (C=O) groups excluding carboxylic acids is 4. The van der Waals surface area contributed by atoms with E-state index in [4.69, 9.17) is 88.4 Å². The highest BCUT2D eigenvalue weighted by Crippen LogP contribution is 2.49. The Labute approximate surface area is 665 Å². The van der Waals surface area contributed by atoms with Crippen LogP contribution < -0.4 is 24.8 Å². The lowest BCUT2D eigenvalue weighted by molar-refractivity contribution is -0.870. The molecule has 0 amide bonds. The first-order valence-electron chi connectivity index (χ1n) is 32.0. The van der Waals surface area contributed by atoms with Crippen molar-refractivity contribution in [1.82, 2.24) is 4.67 Å². The second-order valence-electron chi connectivity index (χ2n) is 25.3. The Kier molecular flexibility index (Phi) is 90.1. The molecule has 612 valence electrons. The molecule has 5 unspecified atom stereocenters. The van der Waals surface area contributed by atoms with Gasteiger partial charge in [-0.15, -0.1) is 8.58 Å². The lowest BCUT2D eigenvalue weighted by Crippen LogP contribution is -3.00. The number of rotatable bonds is 47. The van der Waals surface area contributed by atoms with Crippen molar-refractivity contribution in [3.8, 4) is 12.1 Å². The standard InChI is InChI=1S/C15H27N2O4P.C14H26N2O6P.C14H26N2O5P.C11H22NO6P.C5H14NO.C3H9P.C2H3N.2ClH.I2/c1-12(2)15(18)19-10-11-21-22(20-9-7-8-16)17(13(3)4)14(5)6;1-13(2)14(17)19-11-12-22-23(18,20-9-7-15-3)21-10-8-16(4,5)6;1-13(2)14(17)18-11-12-21-22(19-9-7-15-3)20-10-8-16(4,5)6;1-10(2)11(13)16-8-9-18-19(14,15)17-7-6-12(3,4)5;1-6(2,3)4-5-7;1-3-4-2;1-2-3;;;1-2/h13-14H,1,7,9-11H2,2-6H3;1,7-12H2,2,4-6H3;1,7-12H2,2,4-6H3;1,6-9H2,2-5H3;7H,4-5H2,1-3H3;4H,3H2,1-2H3;1H3;2*1H;/q;2*+1;;+1;;;;;/p-1/i;2*4+1,5+1;3+1,4+1;1+1;;;;;. The van der Waals surface area contributed by atoms with Crippen molar-refractivity contribution in [2.75, 3.05) is 236 Å². The summed E-state index contributed by atoms with van der Waals surface area (Å²) >= 11 is 4.24. The molecule has 0 aromatic carbocycles. The number of hydrogen-bond acceptors (Lipinski definition) is 24. The number of nitriles is 2. The summed E-state index contributed by atoms with van der Waals surface area (Å²) in [5, 5.41) is 24.3. The van der Waals surface area contributed by atoms with Crippen LogP contribution in [0.3, 0.4) is 0 Å². The topological polar surface area (TPSA) is 332 Å². The average Bonchev–Trinajstić information content (AvgIpc) is 0.892. The fourth-order valence-electron chi connectivity index (χ4n) is 5.04. The molecule has 0 aromatic heterocycles. The molecule has 104 heavy (non-hydrogen) atoms. The van der Waals surface area contributed by atoms with E-state index in [0.29, 0.717) is 52.8 Å². The molecule has 0 radical (unpaired) electrons. The molecule has 0 bridgehead atoms. The van der Waals surface area contributed by atoms with Gasteiger partial charge in [0.2, 0.25) is 13.1 Å². The summed E-state index contributed by atoms with van der Waals surface area (Å²) in [6.45, 7) is 52.3. The number of aliphatic hydroxyl groups is 1. The highest BCUT2D eigenvalue weighted by molar-refractivity contribution is 15.0. The predicted molar refractivity (Wildman–Crippen MR) is 422 cm³/mol. The summed E-state index contributed by atoms with van der Waals surface area (Å²) in [5.74, 6) is -2.00. The first kappa shape index (κ1) is 123. The van der Waals surface area contributed by atoms with E-state index in [1.54, 1.807) is 19.9 Å². The van der Waals surface area contributed by atoms with E-state index in [1.165, 1.54) is 26.9 Å². The Morgan fingerprint density at radius 1 is 0.529 bits per heavy atom. The molecule has 0 aromatic rings. The van der Waals surface area contributed by atoms with Gasteiger partial charge in [0.25, 0.3) is 8.53 Å². The summed E-state index contributed by atoms with van der Waals surface area (Å²) in [7, 11) is 14.5. The van der Waals surface area contributed by atoms with Crippen LogP contribution in [-0.2, 0) is 92.5 Å². The van der Waals surface area contributed by atoms with Crippen LogP contribution in [0.1, 0.15) is 75.7 Å². The number of esters is 4. The average molecular weight is 1860 g/mol. The van der Waals surface area contributed by atoms with Crippen LogP contribution in [-0.4, -0.2) is 304 Å². The van der Waals surface area contributed by atoms with E-state index in [2.05, 4.69) is 166 Å². The number of aliphatic hydroxyl groups excluding tert-OH is 1. The quantitative estimate of drug-likeness (QED) is 0.00868. The molecular weight excluding hydrogens is 1730 g/mol. The van der Waals surface area contributed by atoms with Crippen molar-refractivity contribution in [1.29, 1.82) is 10.5 Å². The summed E-state index contributed by atoms with van der Waals surface area (Å²) in [5.41, 5.74) is 1.22. The van der Waals surface area contributed by atoms with Gasteiger partial charge in [-0.3, -0.25) is 22.6 Å². The van der Waals surface area contributed by atoms with Gasteiger partial charge in [0.1, 0.15) is 85.6 Å². The number of hydrogen-bond donors (Lipinski definition) is 2. The molecule has 0 aliphatic carbocycles. The minimum Gasteiger partial charge on any atom is -1.00 e. The van der Waals surface area contributed by atoms with Crippen LogP contribution in [0.5, 0.6) is 0 Å². The van der Waals surface area contributed by atoms with Crippen molar-refractivity contribution >= 4 is 102 Å². The lowest BCUT2D eigenvalue weighted by Gasteiger charge is -2.35. The second-order valence-corrected chi connectivity index (χ2v) is 32.5. The van der Waals surface area contributed by atoms with Gasteiger partial charge >= 0.3 is 48.1 Å². The molecular formula is C64H128Cl2I2N9O22P5+2. The van der Waals surface area contributed by atoms with Crippen LogP contribution in [0.25, 0.3) is 9.69 Å². The summed E-state index contributed by atoms with van der Waals surface area (Å²) in [4.78, 5) is 60.4. The monoisotopic (exact) mass is 1860 g/mol. The smallest absolute Gasteiger partial charge is 0.475 e. The van der Waals surface area contributed by atoms with Crippen LogP contribution in [0.4, 0.5) is 0 Å². The Hall–Kier alpha value is -2.09. The maximum atomic E-state index is 12.4. The maximum Gasteiger partial charge on any atom is 0.475 e. The maximum absolute atomic E-state index is 12.4. The van der Waals surface area contributed by atoms with Crippen molar-refractivity contribution < 1.29 is 145 Å². The van der Waals surface area contributed by atoms with E-state index in [-0.39, 0.29) is 147 Å². The molecule has 0 fully saturated rings. The highest BCUT2D eigenvalue weighted by atomic mass is 128. The zero-order chi connectivity index (χ0) is 81.2. The third kappa shape index (κ3) is 97.9. The number of halogens is 4. The molecule has 40 heteroatoms. The first-order chi connectivity index (χ1) is 47.1. The number of ether oxygens (including phenoxy) is 4. The number of phosphoric ester groups is 2. The number of nitrogens with zero attached hydrogens (tertiary/aromatic N) is 9. The molecule has 2 N–H and O–H groups in total. The second kappa shape index (κ2) is 76.3. The molecule has 5 atom stereocenters. The molecule has 0 aliphatic heterocycles. The zero-order valence-electron chi connectivity index (χ0n) is 66.1. The van der Waals surface area contributed by atoms with Gasteiger partial charge in [-0.1, -0.05) is 33.2 Å². The van der Waals surface area contributed by atoms with E-state index >= 15 is 0 Å². The van der Waals surface area contributed by atoms with Gasteiger partial charge in [0.15, 0.2) is 0 Å². The molecule has 0 aliphatic rings. The largest absolute Gasteiger partial charge is 1.00 e. The highest BCUT2D eigenvalue weighted by Gasteiger charge is 2.30. The van der Waals surface area contributed by atoms with Crippen molar-refractivity contribution in [3.05, 3.63) is 71.4 Å². The van der Waals surface area contributed by atoms with Crippen LogP contribution >= 0.6 is 78.6 Å². The zero-order valence-corrected chi connectivity index (χ0v) is 76.5. The van der Waals surface area contributed by atoms with Gasteiger partial charge in [0, 0.05) is 78.5 Å². The van der Waals surface area contributed by atoms with Gasteiger partial charge in [-0.05, 0) is 68.2 Å².